The number of nitrogens with zero attached hydrogens (tertiary/aromatic N) is 1. The highest BCUT2D eigenvalue weighted by molar-refractivity contribution is 5.91. The maximum atomic E-state index is 12.6. The lowest BCUT2D eigenvalue weighted by Crippen LogP contribution is -2.59. The number of fused-ring (bicyclic) bond motifs is 1. The second-order valence-corrected chi connectivity index (χ2v) is 8.45. The predicted octanol–water partition coefficient (Wildman–Crippen LogP) is 0.967. The lowest BCUT2D eigenvalue weighted by molar-refractivity contribution is -0.897. The van der Waals surface area contributed by atoms with E-state index in [-0.39, 0.29) is 43.8 Å². The zero-order chi connectivity index (χ0) is 25.1. The van der Waals surface area contributed by atoms with E-state index in [0.29, 0.717) is 23.1 Å². The van der Waals surface area contributed by atoms with Crippen LogP contribution in [0.4, 0.5) is 0 Å². The molecular weight excluding hydrogens is 458 g/mol. The number of rotatable bonds is 9. The third-order valence-electron chi connectivity index (χ3n) is 6.46. The summed E-state index contributed by atoms with van der Waals surface area (Å²) in [4.78, 5) is 36.0. The molecular formula is C25H25NO9. The van der Waals surface area contributed by atoms with Crippen LogP contribution in [0.3, 0.4) is 0 Å². The van der Waals surface area contributed by atoms with Gasteiger partial charge in [-0.25, -0.2) is 4.79 Å². The number of quaternary nitrogens is 1. The number of carboxylic acid groups (broad SMARTS) is 3. The van der Waals surface area contributed by atoms with Crippen LogP contribution in [0.15, 0.2) is 66.4 Å². The number of aliphatic carboxylic acids is 3. The van der Waals surface area contributed by atoms with Crippen LogP contribution in [-0.2, 0) is 24.9 Å². The second-order valence-electron chi connectivity index (χ2n) is 8.45. The molecule has 2 aromatic carbocycles. The number of morpholine rings is 1. The molecule has 0 aromatic heterocycles. The van der Waals surface area contributed by atoms with Crippen molar-refractivity contribution in [3.8, 4) is 11.5 Å². The highest BCUT2D eigenvalue weighted by Gasteiger charge is 2.54. The Kier molecular flexibility index (Phi) is 6.77. The van der Waals surface area contributed by atoms with Gasteiger partial charge in [-0.2, -0.15) is 0 Å². The standard InChI is InChI=1S/C25H25NO9/c27-22(28)16-19(24(31)32)26(12-14-33-15-13-26)11-10-18(23(29)30)25(17-6-2-1-3-7-17)34-20-8-4-5-9-21(20)35-25/h1-9,16,18H,10-15H2,(H2-,27,28,29,30,31,32)/b19-16-. The van der Waals surface area contributed by atoms with E-state index >= 15 is 0 Å². The van der Waals surface area contributed by atoms with E-state index in [4.69, 9.17) is 14.2 Å². The van der Waals surface area contributed by atoms with Crippen LogP contribution in [0.1, 0.15) is 12.0 Å². The quantitative estimate of drug-likeness (QED) is 0.394. The van der Waals surface area contributed by atoms with Gasteiger partial charge in [0.05, 0.1) is 25.8 Å². The summed E-state index contributed by atoms with van der Waals surface area (Å²) in [6, 6.07) is 15.5. The molecule has 2 aromatic rings. The minimum absolute atomic E-state index is 0.00886. The maximum absolute atomic E-state index is 12.6. The van der Waals surface area contributed by atoms with Gasteiger partial charge in [0, 0.05) is 12.0 Å². The first-order chi connectivity index (χ1) is 16.8. The fourth-order valence-corrected chi connectivity index (χ4v) is 4.73. The molecule has 35 heavy (non-hydrogen) atoms. The zero-order valence-corrected chi connectivity index (χ0v) is 18.8. The smallest absolute Gasteiger partial charge is 0.334 e. The first kappa shape index (κ1) is 24.2. The topological polar surface area (TPSA) is 142 Å². The van der Waals surface area contributed by atoms with E-state index in [9.17, 15) is 29.7 Å². The van der Waals surface area contributed by atoms with Crippen LogP contribution in [0.2, 0.25) is 0 Å². The fourth-order valence-electron chi connectivity index (χ4n) is 4.73. The first-order valence-electron chi connectivity index (χ1n) is 11.1. The molecule has 184 valence electrons. The van der Waals surface area contributed by atoms with Crippen molar-refractivity contribution in [3.05, 3.63) is 71.9 Å². The average molecular weight is 483 g/mol. The van der Waals surface area contributed by atoms with Crippen molar-refractivity contribution in [2.45, 2.75) is 12.2 Å². The monoisotopic (exact) mass is 483 g/mol. The van der Waals surface area contributed by atoms with Gasteiger partial charge in [0.1, 0.15) is 25.0 Å². The SMILES string of the molecule is O=C(O)/C=C(/C(=O)[O-])[N+]1(CCC(C(=O)O)C2(c3ccccc3)Oc3ccccc3O2)CCOCC1. The summed E-state index contributed by atoms with van der Waals surface area (Å²) in [5.41, 5.74) is 0.0496. The van der Waals surface area contributed by atoms with Gasteiger partial charge < -0.3 is 34.3 Å². The molecule has 0 bridgehead atoms. The normalized spacial score (nSPS) is 19.0. The van der Waals surface area contributed by atoms with Crippen molar-refractivity contribution in [3.63, 3.8) is 0 Å². The lowest BCUT2D eigenvalue weighted by atomic mass is 9.88. The van der Waals surface area contributed by atoms with Gasteiger partial charge in [-0.05, 0) is 12.1 Å². The number of benzene rings is 2. The number of carboxylic acids is 3. The Morgan fingerprint density at radius 3 is 2.06 bits per heavy atom. The molecule has 0 amide bonds. The fraction of sp³-hybridized carbons (Fsp3) is 0.320. The molecule has 0 radical (unpaired) electrons. The number of hydrogen-bond donors (Lipinski definition) is 2. The number of carbonyl (C=O) groups excluding carboxylic acids is 1. The number of ether oxygens (including phenoxy) is 3. The van der Waals surface area contributed by atoms with Crippen molar-refractivity contribution in [1.29, 1.82) is 0 Å². The molecule has 1 fully saturated rings. The van der Waals surface area contributed by atoms with Crippen molar-refractivity contribution in [1.82, 2.24) is 0 Å². The lowest BCUT2D eigenvalue weighted by Gasteiger charge is -2.43. The van der Waals surface area contributed by atoms with E-state index in [2.05, 4.69) is 0 Å². The highest BCUT2D eigenvalue weighted by Crippen LogP contribution is 2.49. The van der Waals surface area contributed by atoms with Crippen LogP contribution in [0, 0.1) is 5.92 Å². The number of para-hydroxylation sites is 2. The van der Waals surface area contributed by atoms with E-state index in [1.807, 2.05) is 0 Å². The summed E-state index contributed by atoms with van der Waals surface area (Å²) < 4.78 is 17.4. The largest absolute Gasteiger partial charge is 0.540 e. The molecule has 2 aliphatic heterocycles. The number of hydrogen-bond acceptors (Lipinski definition) is 7. The van der Waals surface area contributed by atoms with Crippen LogP contribution in [0.5, 0.6) is 11.5 Å². The van der Waals surface area contributed by atoms with Gasteiger partial charge in [-0.3, -0.25) is 9.28 Å². The molecule has 10 heteroatoms. The van der Waals surface area contributed by atoms with Crippen molar-refractivity contribution in [2.75, 3.05) is 32.8 Å². The van der Waals surface area contributed by atoms with Crippen molar-refractivity contribution >= 4 is 17.9 Å². The van der Waals surface area contributed by atoms with Gasteiger partial charge in [0.2, 0.25) is 0 Å². The van der Waals surface area contributed by atoms with Crippen LogP contribution >= 0.6 is 0 Å². The molecule has 0 aliphatic carbocycles. The van der Waals surface area contributed by atoms with Gasteiger partial charge in [-0.1, -0.05) is 42.5 Å². The van der Waals surface area contributed by atoms with E-state index in [1.54, 1.807) is 54.6 Å². The van der Waals surface area contributed by atoms with Gasteiger partial charge in [0.15, 0.2) is 17.2 Å². The molecule has 2 N–H and O–H groups in total. The molecule has 1 atom stereocenters. The predicted molar refractivity (Wildman–Crippen MR) is 118 cm³/mol. The summed E-state index contributed by atoms with van der Waals surface area (Å²) in [5, 5.41) is 31.5. The van der Waals surface area contributed by atoms with Crippen LogP contribution < -0.4 is 14.6 Å². The second kappa shape index (κ2) is 9.77. The Bertz CT molecular complexity index is 1110. The molecule has 2 aliphatic rings. The molecule has 0 saturated carbocycles. The maximum Gasteiger partial charge on any atom is 0.334 e. The van der Waals surface area contributed by atoms with Gasteiger partial charge in [-0.15, -0.1) is 0 Å². The first-order valence-corrected chi connectivity index (χ1v) is 11.1. The van der Waals surface area contributed by atoms with E-state index < -0.39 is 35.3 Å². The third kappa shape index (κ3) is 4.71. The van der Waals surface area contributed by atoms with Crippen molar-refractivity contribution in [2.24, 2.45) is 5.92 Å². The third-order valence-corrected chi connectivity index (χ3v) is 6.46. The van der Waals surface area contributed by atoms with Gasteiger partial charge >= 0.3 is 11.9 Å². The Labute approximate surface area is 201 Å². The Balaban J connectivity index is 1.73. The van der Waals surface area contributed by atoms with E-state index in [1.165, 1.54) is 0 Å². The molecule has 4 rings (SSSR count). The Morgan fingerprint density at radius 2 is 1.54 bits per heavy atom. The van der Waals surface area contributed by atoms with Crippen molar-refractivity contribution < 1.29 is 48.4 Å². The minimum Gasteiger partial charge on any atom is -0.540 e. The highest BCUT2D eigenvalue weighted by atomic mass is 16.7. The average Bonchev–Trinajstić information content (AvgIpc) is 3.24. The summed E-state index contributed by atoms with van der Waals surface area (Å²) in [7, 11) is 0. The van der Waals surface area contributed by atoms with Crippen LogP contribution in [-0.4, -0.2) is 65.5 Å². The summed E-state index contributed by atoms with van der Waals surface area (Å²) in [6.45, 7) is 0.666. The molecule has 1 unspecified atom stereocenters. The van der Waals surface area contributed by atoms with Crippen LogP contribution in [0.25, 0.3) is 0 Å². The molecule has 2 heterocycles. The summed E-state index contributed by atoms with van der Waals surface area (Å²) >= 11 is 0. The summed E-state index contributed by atoms with van der Waals surface area (Å²) in [5.74, 6) is -6.45. The van der Waals surface area contributed by atoms with Gasteiger partial charge in [0.25, 0.3) is 5.79 Å². The van der Waals surface area contributed by atoms with E-state index in [0.717, 1.165) is 0 Å². The number of carbonyl (C=O) groups is 3. The molecule has 0 spiro atoms. The summed E-state index contributed by atoms with van der Waals surface area (Å²) in [6.07, 6.45) is 0.532. The Hall–Kier alpha value is -3.89. The minimum atomic E-state index is -1.70. The zero-order valence-electron chi connectivity index (χ0n) is 18.8. The molecule has 10 nitrogen and oxygen atoms in total. The Morgan fingerprint density at radius 1 is 0.971 bits per heavy atom. The molecule has 1 saturated heterocycles.